The molecule has 0 unspecified atom stereocenters. The van der Waals surface area contributed by atoms with Crippen LogP contribution in [0.2, 0.25) is 0 Å². The van der Waals surface area contributed by atoms with Gasteiger partial charge in [-0.3, -0.25) is 0 Å². The van der Waals surface area contributed by atoms with E-state index < -0.39 is 11.6 Å². The lowest BCUT2D eigenvalue weighted by atomic mass is 10.2. The maximum atomic E-state index is 13.8. The Hall–Kier alpha value is -3.33. The molecule has 0 saturated carbocycles. The van der Waals surface area contributed by atoms with E-state index in [1.54, 1.807) is 0 Å². The van der Waals surface area contributed by atoms with Crippen LogP contribution in [0.25, 0.3) is 0 Å². The molecule has 4 rings (SSSR count). The number of likely N-dealkylation sites (N-methyl/N-ethyl adjacent to an activating group) is 1. The highest BCUT2D eigenvalue weighted by Gasteiger charge is 2.14. The maximum absolute atomic E-state index is 13.8. The van der Waals surface area contributed by atoms with Gasteiger partial charge in [-0.2, -0.15) is 10.1 Å². The number of piperazine rings is 1. The van der Waals surface area contributed by atoms with Crippen LogP contribution in [0.1, 0.15) is 0 Å². The molecule has 1 aliphatic heterocycles. The minimum absolute atomic E-state index is 0.181. The Morgan fingerprint density at radius 2 is 1.59 bits per heavy atom. The molecular weight excluding hydrogens is 376 g/mol. The Bertz CT molecular complexity index is 953. The van der Waals surface area contributed by atoms with Gasteiger partial charge in [0.25, 0.3) is 0 Å². The summed E-state index contributed by atoms with van der Waals surface area (Å²) in [6.45, 7) is 4.08. The molecule has 2 aromatic carbocycles. The summed E-state index contributed by atoms with van der Waals surface area (Å²) >= 11 is 0. The van der Waals surface area contributed by atoms with Crippen molar-refractivity contribution < 1.29 is 8.78 Å². The molecule has 0 aliphatic carbocycles. The van der Waals surface area contributed by atoms with E-state index in [2.05, 4.69) is 42.7 Å². The Labute approximate surface area is 167 Å². The minimum atomic E-state index is -0.711. The molecule has 0 atom stereocenters. The molecule has 2 heterocycles. The summed E-state index contributed by atoms with van der Waals surface area (Å²) in [5.41, 5.74) is 1.67. The first kappa shape index (κ1) is 19.0. The summed E-state index contributed by atoms with van der Waals surface area (Å²) in [7, 11) is 2.13. The summed E-state index contributed by atoms with van der Waals surface area (Å²) < 4.78 is 27.6. The van der Waals surface area contributed by atoms with E-state index in [1.165, 1.54) is 24.4 Å². The zero-order chi connectivity index (χ0) is 20.2. The number of nitrogens with zero attached hydrogens (tertiary/aromatic N) is 5. The van der Waals surface area contributed by atoms with Gasteiger partial charge in [0, 0.05) is 37.6 Å². The van der Waals surface area contributed by atoms with Gasteiger partial charge in [0.05, 0.1) is 6.20 Å². The SMILES string of the molecule is CN1CCN(c2ccc(Nc3nncc(Nc4c(F)cccc4F)n3)cc2)CC1. The van der Waals surface area contributed by atoms with Gasteiger partial charge >= 0.3 is 0 Å². The van der Waals surface area contributed by atoms with E-state index in [9.17, 15) is 8.78 Å². The Kier molecular flexibility index (Phi) is 5.48. The van der Waals surface area contributed by atoms with Crippen LogP contribution in [-0.2, 0) is 0 Å². The fourth-order valence-corrected chi connectivity index (χ4v) is 3.11. The molecule has 0 spiro atoms. The first-order valence-electron chi connectivity index (χ1n) is 9.30. The van der Waals surface area contributed by atoms with E-state index in [1.807, 2.05) is 24.3 Å². The third kappa shape index (κ3) is 4.57. The van der Waals surface area contributed by atoms with E-state index >= 15 is 0 Å². The van der Waals surface area contributed by atoms with Crippen molar-refractivity contribution in [2.24, 2.45) is 0 Å². The predicted octanol–water partition coefficient (Wildman–Crippen LogP) is 3.39. The van der Waals surface area contributed by atoms with E-state index in [4.69, 9.17) is 0 Å². The summed E-state index contributed by atoms with van der Waals surface area (Å²) in [6, 6.07) is 11.6. The summed E-state index contributed by atoms with van der Waals surface area (Å²) in [5.74, 6) is -1.02. The second-order valence-corrected chi connectivity index (χ2v) is 6.85. The van der Waals surface area contributed by atoms with Gasteiger partial charge in [-0.25, -0.2) is 8.78 Å². The molecule has 29 heavy (non-hydrogen) atoms. The van der Waals surface area contributed by atoms with E-state index in [0.717, 1.165) is 37.6 Å². The van der Waals surface area contributed by atoms with Gasteiger partial charge in [-0.1, -0.05) is 6.07 Å². The highest BCUT2D eigenvalue weighted by molar-refractivity contribution is 5.61. The standard InChI is InChI=1S/C20H21F2N7/c1-28-9-11-29(12-10-28)15-7-5-14(6-8-15)24-20-26-18(13-23-27-20)25-19-16(21)3-2-4-17(19)22/h2-8,13H,9-12H2,1H3,(H2,24,25,26,27). The average molecular weight is 397 g/mol. The van der Waals surface area contributed by atoms with Crippen LogP contribution in [0, 0.1) is 11.6 Å². The number of nitrogens with one attached hydrogen (secondary N) is 2. The number of rotatable bonds is 5. The largest absolute Gasteiger partial charge is 0.369 e. The molecule has 150 valence electrons. The first-order chi connectivity index (χ1) is 14.1. The molecule has 0 bridgehead atoms. The van der Waals surface area contributed by atoms with Crippen molar-refractivity contribution in [3.8, 4) is 0 Å². The van der Waals surface area contributed by atoms with Crippen molar-refractivity contribution in [1.82, 2.24) is 20.1 Å². The van der Waals surface area contributed by atoms with Crippen molar-refractivity contribution in [3.05, 3.63) is 60.3 Å². The Morgan fingerprint density at radius 3 is 2.28 bits per heavy atom. The molecule has 0 radical (unpaired) electrons. The highest BCUT2D eigenvalue weighted by Crippen LogP contribution is 2.23. The lowest BCUT2D eigenvalue weighted by Gasteiger charge is -2.34. The molecule has 1 fully saturated rings. The zero-order valence-corrected chi connectivity index (χ0v) is 15.9. The number of benzene rings is 2. The predicted molar refractivity (Wildman–Crippen MR) is 109 cm³/mol. The van der Waals surface area contributed by atoms with Crippen LogP contribution in [0.4, 0.5) is 37.6 Å². The lowest BCUT2D eigenvalue weighted by molar-refractivity contribution is 0.313. The molecule has 3 aromatic rings. The molecule has 2 N–H and O–H groups in total. The summed E-state index contributed by atoms with van der Waals surface area (Å²) in [4.78, 5) is 8.87. The van der Waals surface area contributed by atoms with Crippen LogP contribution in [-0.4, -0.2) is 53.3 Å². The van der Waals surface area contributed by atoms with Gasteiger partial charge < -0.3 is 20.4 Å². The van der Waals surface area contributed by atoms with Gasteiger partial charge in [-0.05, 0) is 43.4 Å². The molecule has 1 saturated heterocycles. The fourth-order valence-electron chi connectivity index (χ4n) is 3.11. The number of hydrogen-bond acceptors (Lipinski definition) is 7. The second kappa shape index (κ2) is 8.36. The molecule has 7 nitrogen and oxygen atoms in total. The quantitative estimate of drug-likeness (QED) is 0.684. The van der Waals surface area contributed by atoms with Gasteiger partial charge in [0.2, 0.25) is 5.95 Å². The molecule has 1 aromatic heterocycles. The number of aromatic nitrogens is 3. The van der Waals surface area contributed by atoms with Gasteiger partial charge in [0.1, 0.15) is 17.3 Å². The molecular formula is C20H21F2N7. The van der Waals surface area contributed by atoms with Crippen molar-refractivity contribution >= 4 is 28.8 Å². The normalized spacial score (nSPS) is 14.7. The third-order valence-electron chi connectivity index (χ3n) is 4.77. The number of anilines is 5. The van der Waals surface area contributed by atoms with E-state index in [-0.39, 0.29) is 17.5 Å². The number of hydrogen-bond donors (Lipinski definition) is 2. The lowest BCUT2D eigenvalue weighted by Crippen LogP contribution is -2.44. The van der Waals surface area contributed by atoms with E-state index in [0.29, 0.717) is 0 Å². The van der Waals surface area contributed by atoms with Gasteiger partial charge in [0.15, 0.2) is 5.82 Å². The fraction of sp³-hybridized carbons (Fsp3) is 0.250. The topological polar surface area (TPSA) is 69.2 Å². The van der Waals surface area contributed by atoms with Crippen molar-refractivity contribution in [3.63, 3.8) is 0 Å². The first-order valence-corrected chi connectivity index (χ1v) is 9.30. The van der Waals surface area contributed by atoms with Crippen LogP contribution >= 0.6 is 0 Å². The van der Waals surface area contributed by atoms with Crippen molar-refractivity contribution in [2.75, 3.05) is 48.8 Å². The average Bonchev–Trinajstić information content (AvgIpc) is 2.72. The zero-order valence-electron chi connectivity index (χ0n) is 15.9. The Balaban J connectivity index is 1.44. The second-order valence-electron chi connectivity index (χ2n) is 6.85. The monoisotopic (exact) mass is 397 g/mol. The van der Waals surface area contributed by atoms with Crippen LogP contribution in [0.15, 0.2) is 48.7 Å². The maximum Gasteiger partial charge on any atom is 0.249 e. The summed E-state index contributed by atoms with van der Waals surface area (Å²) in [5, 5.41) is 13.4. The molecule has 1 aliphatic rings. The van der Waals surface area contributed by atoms with Crippen LogP contribution < -0.4 is 15.5 Å². The van der Waals surface area contributed by atoms with Crippen molar-refractivity contribution in [2.45, 2.75) is 0 Å². The third-order valence-corrected chi connectivity index (χ3v) is 4.77. The Morgan fingerprint density at radius 1 is 0.897 bits per heavy atom. The molecule has 9 heteroatoms. The smallest absolute Gasteiger partial charge is 0.249 e. The van der Waals surface area contributed by atoms with Crippen LogP contribution in [0.3, 0.4) is 0 Å². The van der Waals surface area contributed by atoms with Crippen molar-refractivity contribution in [1.29, 1.82) is 0 Å². The van der Waals surface area contributed by atoms with Gasteiger partial charge in [-0.15, -0.1) is 5.10 Å². The highest BCUT2D eigenvalue weighted by atomic mass is 19.1. The minimum Gasteiger partial charge on any atom is -0.369 e. The molecule has 0 amide bonds. The summed E-state index contributed by atoms with van der Waals surface area (Å²) in [6.07, 6.45) is 1.30. The number of para-hydroxylation sites is 1. The number of halogens is 2. The van der Waals surface area contributed by atoms with Crippen LogP contribution in [0.5, 0.6) is 0 Å².